The normalized spacial score (nSPS) is 12.6. The molecule has 2 aromatic heterocycles. The van der Waals surface area contributed by atoms with Crippen molar-refractivity contribution < 1.29 is 0 Å². The van der Waals surface area contributed by atoms with Crippen LogP contribution >= 0.6 is 0 Å². The van der Waals surface area contributed by atoms with E-state index < -0.39 is 11.2 Å². The average Bonchev–Trinajstić information content (AvgIpc) is 2.89. The lowest BCUT2D eigenvalue weighted by molar-refractivity contribution is 0.708. The second-order valence-corrected chi connectivity index (χ2v) is 6.00. The van der Waals surface area contributed by atoms with Gasteiger partial charge < -0.3 is 4.98 Å². The van der Waals surface area contributed by atoms with Crippen LogP contribution in [-0.4, -0.2) is 19.7 Å². The summed E-state index contributed by atoms with van der Waals surface area (Å²) in [6.07, 6.45) is 4.98. The first-order valence-electron chi connectivity index (χ1n) is 8.06. The minimum absolute atomic E-state index is 0.120. The highest BCUT2D eigenvalue weighted by molar-refractivity contribution is 5.71. The van der Waals surface area contributed by atoms with Gasteiger partial charge in [-0.15, -0.1) is 0 Å². The van der Waals surface area contributed by atoms with Crippen LogP contribution in [0.15, 0.2) is 46.1 Å². The predicted molar refractivity (Wildman–Crippen MR) is 98.5 cm³/mol. The molecule has 0 amide bonds. The Morgan fingerprint density at radius 3 is 2.56 bits per heavy atom. The maximum absolute atomic E-state index is 11.8. The number of nitrogens with one attached hydrogen (secondary N) is 2. The molecule has 3 rings (SSSR count). The topological polar surface area (TPSA) is 83.5 Å². The monoisotopic (exact) mass is 336 g/mol. The van der Waals surface area contributed by atoms with Gasteiger partial charge in [0, 0.05) is 30.4 Å². The summed E-state index contributed by atoms with van der Waals surface area (Å²) in [6, 6.07) is 10.2. The fraction of sp³-hybridized carbons (Fsp3) is 0.211. The zero-order chi connectivity index (χ0) is 18.0. The van der Waals surface area contributed by atoms with Crippen LogP contribution in [-0.2, 0) is 7.05 Å². The smallest absolute Gasteiger partial charge is 0.314 e. The van der Waals surface area contributed by atoms with Crippen molar-refractivity contribution >= 4 is 12.2 Å². The van der Waals surface area contributed by atoms with Gasteiger partial charge in [-0.2, -0.15) is 5.10 Å². The molecule has 0 aliphatic heterocycles. The van der Waals surface area contributed by atoms with Crippen LogP contribution < -0.4 is 11.2 Å². The molecular weight excluding hydrogens is 316 g/mol. The molecule has 0 radical (unpaired) electrons. The summed E-state index contributed by atoms with van der Waals surface area (Å²) in [4.78, 5) is 27.7. The van der Waals surface area contributed by atoms with Crippen LogP contribution in [0.5, 0.6) is 0 Å². The molecule has 1 aromatic carbocycles. The third kappa shape index (κ3) is 3.38. The molecule has 128 valence electrons. The minimum Gasteiger partial charge on any atom is -0.314 e. The average molecular weight is 336 g/mol. The first kappa shape index (κ1) is 16.7. The van der Waals surface area contributed by atoms with Crippen molar-refractivity contribution in [3.8, 4) is 0 Å². The van der Waals surface area contributed by atoms with Crippen molar-refractivity contribution in [1.82, 2.24) is 19.7 Å². The Hall–Kier alpha value is -3.15. The third-order valence-electron chi connectivity index (χ3n) is 4.40. The van der Waals surface area contributed by atoms with E-state index in [2.05, 4.69) is 34.1 Å². The molecule has 6 nitrogen and oxygen atoms in total. The van der Waals surface area contributed by atoms with Crippen LogP contribution in [0.4, 0.5) is 0 Å². The van der Waals surface area contributed by atoms with Crippen LogP contribution in [0.1, 0.15) is 40.9 Å². The number of rotatable bonds is 4. The van der Waals surface area contributed by atoms with E-state index in [1.807, 2.05) is 42.9 Å². The van der Waals surface area contributed by atoms with Gasteiger partial charge in [-0.05, 0) is 18.6 Å². The van der Waals surface area contributed by atoms with E-state index in [1.54, 1.807) is 6.08 Å². The fourth-order valence-corrected chi connectivity index (χ4v) is 2.79. The summed E-state index contributed by atoms with van der Waals surface area (Å²) in [5.41, 5.74) is 3.57. The largest absolute Gasteiger partial charge is 0.325 e. The summed E-state index contributed by atoms with van der Waals surface area (Å²) in [5.74, 6) is 0.120. The zero-order valence-electron chi connectivity index (χ0n) is 14.4. The van der Waals surface area contributed by atoms with Gasteiger partial charge >= 0.3 is 5.69 Å². The predicted octanol–water partition coefficient (Wildman–Crippen LogP) is 2.43. The highest BCUT2D eigenvalue weighted by Gasteiger charge is 2.18. The molecule has 0 fully saturated rings. The number of hydrogen-bond donors (Lipinski definition) is 2. The number of hydrogen-bond acceptors (Lipinski definition) is 3. The van der Waals surface area contributed by atoms with Gasteiger partial charge in [0.05, 0.1) is 11.3 Å². The molecule has 0 aliphatic rings. The van der Waals surface area contributed by atoms with Gasteiger partial charge in [0.15, 0.2) is 0 Å². The molecule has 0 bridgehead atoms. The van der Waals surface area contributed by atoms with E-state index in [0.717, 1.165) is 17.0 Å². The minimum atomic E-state index is -0.516. The third-order valence-corrected chi connectivity index (χ3v) is 4.40. The highest BCUT2D eigenvalue weighted by atomic mass is 16.2. The fourth-order valence-electron chi connectivity index (χ4n) is 2.79. The first-order chi connectivity index (χ1) is 12.0. The van der Waals surface area contributed by atoms with E-state index in [0.29, 0.717) is 5.56 Å². The molecule has 6 heteroatoms. The Bertz CT molecular complexity index is 1030. The Morgan fingerprint density at radius 1 is 1.16 bits per heavy atom. The standard InChI is InChI=1S/C19H20N4O2/c1-12(14-7-5-4-6-8-14)17-16(13(2)23(3)22-17)10-9-15-11-20-19(25)21-18(15)24/h4-12H,1-3H3,(H2,20,21,24,25). The SMILES string of the molecule is Cc1c(C=Cc2c[nH]c(=O)[nH]c2=O)c(C(C)c2ccccc2)nn1C. The molecule has 0 saturated carbocycles. The Balaban J connectivity index is 2.03. The Labute approximate surface area is 144 Å². The summed E-state index contributed by atoms with van der Waals surface area (Å²) in [7, 11) is 1.90. The van der Waals surface area contributed by atoms with Gasteiger partial charge in [-0.1, -0.05) is 43.3 Å². The van der Waals surface area contributed by atoms with Gasteiger partial charge in [0.2, 0.25) is 0 Å². The van der Waals surface area contributed by atoms with Crippen molar-refractivity contribution in [3.05, 3.63) is 85.4 Å². The molecule has 25 heavy (non-hydrogen) atoms. The quantitative estimate of drug-likeness (QED) is 0.767. The maximum Gasteiger partial charge on any atom is 0.325 e. The maximum atomic E-state index is 11.8. The van der Waals surface area contributed by atoms with Crippen molar-refractivity contribution in [1.29, 1.82) is 0 Å². The lowest BCUT2D eigenvalue weighted by Gasteiger charge is -2.10. The molecule has 0 aliphatic carbocycles. The second kappa shape index (κ2) is 6.76. The lowest BCUT2D eigenvalue weighted by atomic mass is 9.94. The van der Waals surface area contributed by atoms with Gasteiger partial charge in [0.25, 0.3) is 5.56 Å². The number of nitrogens with zero attached hydrogens (tertiary/aromatic N) is 2. The molecule has 1 unspecified atom stereocenters. The van der Waals surface area contributed by atoms with Crippen molar-refractivity contribution in [2.75, 3.05) is 0 Å². The van der Waals surface area contributed by atoms with E-state index in [-0.39, 0.29) is 5.92 Å². The number of aromatic amines is 2. The van der Waals surface area contributed by atoms with Crippen LogP contribution in [0, 0.1) is 6.92 Å². The van der Waals surface area contributed by atoms with Crippen molar-refractivity contribution in [3.63, 3.8) is 0 Å². The van der Waals surface area contributed by atoms with Crippen LogP contribution in [0.3, 0.4) is 0 Å². The molecule has 0 saturated heterocycles. The molecular formula is C19H20N4O2. The number of aryl methyl sites for hydroxylation is 1. The number of H-pyrrole nitrogens is 2. The molecule has 1 atom stereocenters. The van der Waals surface area contributed by atoms with E-state index in [1.165, 1.54) is 11.8 Å². The number of benzene rings is 1. The Morgan fingerprint density at radius 2 is 1.88 bits per heavy atom. The molecule has 0 spiro atoms. The van der Waals surface area contributed by atoms with Gasteiger partial charge in [-0.25, -0.2) is 4.79 Å². The molecule has 2 N–H and O–H groups in total. The first-order valence-corrected chi connectivity index (χ1v) is 8.06. The molecule has 2 heterocycles. The van der Waals surface area contributed by atoms with Crippen molar-refractivity contribution in [2.24, 2.45) is 7.05 Å². The van der Waals surface area contributed by atoms with E-state index >= 15 is 0 Å². The van der Waals surface area contributed by atoms with Crippen LogP contribution in [0.25, 0.3) is 12.2 Å². The Kier molecular flexibility index (Phi) is 4.52. The summed E-state index contributed by atoms with van der Waals surface area (Å²) < 4.78 is 1.84. The van der Waals surface area contributed by atoms with Gasteiger partial charge in [-0.3, -0.25) is 14.5 Å². The number of aromatic nitrogens is 4. The summed E-state index contributed by atoms with van der Waals surface area (Å²) >= 11 is 0. The van der Waals surface area contributed by atoms with Gasteiger partial charge in [0.1, 0.15) is 0 Å². The van der Waals surface area contributed by atoms with Crippen LogP contribution in [0.2, 0.25) is 0 Å². The summed E-state index contributed by atoms with van der Waals surface area (Å²) in [6.45, 7) is 4.10. The lowest BCUT2D eigenvalue weighted by Crippen LogP contribution is -2.22. The van der Waals surface area contributed by atoms with Crippen molar-refractivity contribution in [2.45, 2.75) is 19.8 Å². The highest BCUT2D eigenvalue weighted by Crippen LogP contribution is 2.28. The zero-order valence-corrected chi connectivity index (χ0v) is 14.4. The van der Waals surface area contributed by atoms with E-state index in [9.17, 15) is 9.59 Å². The summed E-state index contributed by atoms with van der Waals surface area (Å²) in [5, 5.41) is 4.66. The van der Waals surface area contributed by atoms with E-state index in [4.69, 9.17) is 0 Å². The molecule has 3 aromatic rings. The second-order valence-electron chi connectivity index (χ2n) is 6.00.